The molecule has 0 unspecified atom stereocenters. The molecule has 1 saturated carbocycles. The van der Waals surface area contributed by atoms with Crippen molar-refractivity contribution in [2.45, 2.75) is 205 Å². The van der Waals surface area contributed by atoms with Crippen LogP contribution in [0.25, 0.3) is 0 Å². The monoisotopic (exact) mass is 1760 g/mol. The Morgan fingerprint density at radius 2 is 0.688 bits per heavy atom. The fourth-order valence-electron chi connectivity index (χ4n) is 15.0. The second kappa shape index (κ2) is 50.5. The molecule has 37 heteroatoms. The van der Waals surface area contributed by atoms with Gasteiger partial charge in [-0.3, -0.25) is 24.0 Å². The number of ketones is 6. The molecule has 6 aromatic carbocycles. The Morgan fingerprint density at radius 3 is 1.04 bits per heavy atom. The van der Waals surface area contributed by atoms with Crippen LogP contribution in [0.3, 0.4) is 0 Å². The average molecular weight is 1760 g/mol. The number of carbonyl (C=O) groups excluding carboxylic acids is 14. The first-order valence-electron chi connectivity index (χ1n) is 42.4. The Bertz CT molecular complexity index is 5030. The number of hydrogen-bond donors (Lipinski definition) is 4. The second-order valence-electron chi connectivity index (χ2n) is 31.7. The SMILES string of the molecule is CC(=O)CCC(=O)C[C@H]1Cc2cccc(C(=O)OCOC(=O)CC3CCCCC3)c2OB1O.CC(=O)CCC(=O)C[C@H]1Cc2cccc(C(=O)OCOC(=O)N3CCCCC3)c2OB1O.Cc1ccc(C(=O)OCOC(=O)c2cccc3c2OB(O)[C@@H](CC(=O)CCC#N)C3)cc1.N#CCCC(=O)C[C@H]1Cc2cccc(C(=O)OCOC(=O)c3ccccc3)c2OB1O. The molecule has 12 rings (SSSR count). The first-order valence-corrected chi connectivity index (χ1v) is 42.4. The predicted molar refractivity (Wildman–Crippen MR) is 457 cm³/mol. The second-order valence-corrected chi connectivity index (χ2v) is 31.7. The normalized spacial score (nSPS) is 16.3. The Balaban J connectivity index is 0.000000193. The van der Waals surface area contributed by atoms with Crippen molar-refractivity contribution < 1.29 is 144 Å². The molecule has 6 aromatic rings. The summed E-state index contributed by atoms with van der Waals surface area (Å²) in [4.78, 5) is 170. The molecule has 0 radical (unpaired) electrons. The quantitative estimate of drug-likeness (QED) is 0.0126. The minimum Gasteiger partial charge on any atom is -0.535 e. The number of hydrogen-bond acceptors (Lipinski definition) is 32. The van der Waals surface area contributed by atoms with E-state index >= 15 is 0 Å². The zero-order valence-corrected chi connectivity index (χ0v) is 71.5. The zero-order valence-electron chi connectivity index (χ0n) is 71.5. The van der Waals surface area contributed by atoms with Crippen LogP contribution in [0, 0.1) is 35.5 Å². The number of benzene rings is 6. The van der Waals surface area contributed by atoms with Crippen LogP contribution in [-0.4, -0.2) is 176 Å². The molecule has 672 valence electrons. The third-order valence-electron chi connectivity index (χ3n) is 21.9. The number of fused-ring (bicyclic) bond motifs is 4. The number of nitrogens with zero attached hydrogens (tertiary/aromatic N) is 3. The van der Waals surface area contributed by atoms with E-state index in [4.69, 9.17) is 67.0 Å². The lowest BCUT2D eigenvalue weighted by molar-refractivity contribution is -0.153. The average Bonchev–Trinajstić information content (AvgIpc) is 0.806. The molecular formula is C91H101B4N3O30. The van der Waals surface area contributed by atoms with Gasteiger partial charge < -0.3 is 91.1 Å². The van der Waals surface area contributed by atoms with E-state index in [1.807, 2.05) is 19.1 Å². The molecule has 33 nitrogen and oxygen atoms in total. The van der Waals surface area contributed by atoms with E-state index in [1.165, 1.54) is 44.5 Å². The van der Waals surface area contributed by atoms with Crippen molar-refractivity contribution in [3.05, 3.63) is 189 Å². The van der Waals surface area contributed by atoms with Gasteiger partial charge in [0, 0.05) is 120 Å². The van der Waals surface area contributed by atoms with Crippen LogP contribution >= 0.6 is 0 Å². The maximum Gasteiger partial charge on any atom is 0.526 e. The summed E-state index contributed by atoms with van der Waals surface area (Å²) < 4.78 is 62.5. The Kier molecular flexibility index (Phi) is 39.0. The first-order chi connectivity index (χ1) is 61.6. The van der Waals surface area contributed by atoms with Gasteiger partial charge in [0.1, 0.15) is 80.0 Å². The fourth-order valence-corrected chi connectivity index (χ4v) is 15.0. The Labute approximate surface area is 741 Å². The van der Waals surface area contributed by atoms with Crippen LogP contribution in [-0.2, 0) is 97.1 Å². The number of ether oxygens (including phenoxy) is 8. The largest absolute Gasteiger partial charge is 0.535 e. The van der Waals surface area contributed by atoms with Crippen LogP contribution < -0.4 is 18.6 Å². The lowest BCUT2D eigenvalue weighted by Gasteiger charge is -2.28. The standard InChI is InChI=1S/C24H31BO8.C23H22BNO7.C22H28BNO8.C22H20BNO7/c1-16(26)10-11-20(27)14-19-13-18-8-5-9-21(23(18)33-25(19)30)24(29)32-15-31-22(28)12-17-6-3-2-4-7-17;1-15-7-9-16(10-8-15)22(27)30-14-31-23(28)20-6-2-4-17-12-18(24(29)32-21(17)20)13-19(26)5-3-11-25;1-15(25)8-9-18(26)13-17-12-16-6-5-7-19(20(16)32-23(17)29)21(27)30-14-31-22(28)24-10-3-2-4-11-24;24-11-5-9-18(25)13-17-12-16-8-4-10-19(20(16)31-23(17)28)22(27)30-14-29-21(26)15-6-2-1-3-7-15/h5,8-9,17,19,30H,2-4,6-7,10-15H2,1H3;2,4,6-10,18,29H,3,5,12-14H2,1H3;5-7,17,29H,2-4,8-14H2,1H3;1-4,6-8,10,17,28H,5,9,12-14H2/t19-;18-;2*17-/m1111/s1. The summed E-state index contributed by atoms with van der Waals surface area (Å²) in [5.41, 5.74) is 4.71. The van der Waals surface area contributed by atoms with Crippen LogP contribution in [0.4, 0.5) is 4.79 Å². The molecule has 1 aliphatic carbocycles. The highest BCUT2D eigenvalue weighted by atomic mass is 16.7. The van der Waals surface area contributed by atoms with E-state index in [-0.39, 0.29) is 163 Å². The highest BCUT2D eigenvalue weighted by Crippen LogP contribution is 2.42. The number of aryl methyl sites for hydroxylation is 1. The molecule has 5 heterocycles. The zero-order chi connectivity index (χ0) is 92.2. The van der Waals surface area contributed by atoms with Gasteiger partial charge in [0.05, 0.1) is 23.3 Å². The molecule has 128 heavy (non-hydrogen) atoms. The third-order valence-corrected chi connectivity index (χ3v) is 21.9. The summed E-state index contributed by atoms with van der Waals surface area (Å²) in [5, 5.41) is 58.6. The number of esters is 7. The molecule has 5 aliphatic heterocycles. The number of piperidine rings is 1. The molecule has 1 saturated heterocycles. The number of para-hydroxylation sites is 4. The molecular weight excluding hydrogens is 1660 g/mol. The van der Waals surface area contributed by atoms with Crippen molar-refractivity contribution >= 4 is 111 Å². The van der Waals surface area contributed by atoms with Gasteiger partial charge in [0.2, 0.25) is 27.2 Å². The van der Waals surface area contributed by atoms with Gasteiger partial charge >= 0.3 is 76.4 Å². The summed E-state index contributed by atoms with van der Waals surface area (Å²) in [6, 6.07) is 38.5. The van der Waals surface area contributed by atoms with Crippen molar-refractivity contribution in [3.63, 3.8) is 0 Å². The van der Waals surface area contributed by atoms with E-state index in [0.29, 0.717) is 84.5 Å². The lowest BCUT2D eigenvalue weighted by atomic mass is 9.64. The summed E-state index contributed by atoms with van der Waals surface area (Å²) in [6.45, 7) is 3.86. The number of amides is 1. The van der Waals surface area contributed by atoms with E-state index in [2.05, 4.69) is 0 Å². The lowest BCUT2D eigenvalue weighted by Crippen LogP contribution is -2.37. The maximum atomic E-state index is 12.5. The van der Waals surface area contributed by atoms with Crippen LogP contribution in [0.5, 0.6) is 23.0 Å². The number of likely N-dealkylation sites (tertiary alicyclic amines) is 1. The van der Waals surface area contributed by atoms with Crippen LogP contribution in [0.1, 0.15) is 239 Å². The molecule has 0 spiro atoms. The van der Waals surface area contributed by atoms with Crippen LogP contribution in [0.2, 0.25) is 23.3 Å². The van der Waals surface area contributed by atoms with Gasteiger partial charge in [-0.25, -0.2) is 33.6 Å². The fraction of sp³-hybridized carbons (Fsp3) is 0.429. The van der Waals surface area contributed by atoms with E-state index in [1.54, 1.807) is 108 Å². The summed E-state index contributed by atoms with van der Waals surface area (Å²) in [5.74, 6) is -6.06. The molecule has 1 amide bonds. The molecule has 0 bridgehead atoms. The molecule has 2 fully saturated rings. The number of nitriles is 2. The van der Waals surface area contributed by atoms with Crippen molar-refractivity contribution in [1.29, 1.82) is 10.5 Å². The van der Waals surface area contributed by atoms with Gasteiger partial charge in [-0.2, -0.15) is 10.5 Å². The van der Waals surface area contributed by atoms with Crippen molar-refractivity contribution in [3.8, 4) is 35.1 Å². The molecule has 0 aromatic heterocycles. The van der Waals surface area contributed by atoms with E-state index in [9.17, 15) is 87.2 Å². The van der Waals surface area contributed by atoms with E-state index < -0.39 is 121 Å². The van der Waals surface area contributed by atoms with Gasteiger partial charge in [-0.1, -0.05) is 104 Å². The van der Waals surface area contributed by atoms with E-state index in [0.717, 1.165) is 50.5 Å². The van der Waals surface area contributed by atoms with Crippen molar-refractivity contribution in [2.24, 2.45) is 5.92 Å². The van der Waals surface area contributed by atoms with Gasteiger partial charge in [0.25, 0.3) is 0 Å². The maximum absolute atomic E-state index is 12.5. The predicted octanol–water partition coefficient (Wildman–Crippen LogP) is 11.7. The number of Topliss-reactive ketones (excluding diaryl/α,β-unsaturated/α-hetero) is 6. The Hall–Kier alpha value is -12.8. The minimum absolute atomic E-state index is 0.0584. The third kappa shape index (κ3) is 30.8. The topological polar surface area (TPSA) is 481 Å². The summed E-state index contributed by atoms with van der Waals surface area (Å²) in [6.07, 6.45) is 11.1. The molecule has 6 aliphatic rings. The van der Waals surface area contributed by atoms with Crippen molar-refractivity contribution in [1.82, 2.24) is 4.90 Å². The van der Waals surface area contributed by atoms with Gasteiger partial charge in [0.15, 0.2) is 0 Å². The van der Waals surface area contributed by atoms with Crippen LogP contribution in [0.15, 0.2) is 127 Å². The smallest absolute Gasteiger partial charge is 0.526 e. The highest BCUT2D eigenvalue weighted by Gasteiger charge is 2.43. The van der Waals surface area contributed by atoms with Gasteiger partial charge in [-0.15, -0.1) is 0 Å². The molecule has 4 N–H and O–H groups in total. The number of carbonyl (C=O) groups is 14. The first kappa shape index (κ1) is 99.0. The molecule has 4 atom stereocenters. The minimum atomic E-state index is -1.28. The number of rotatable bonds is 34. The Morgan fingerprint density at radius 1 is 0.367 bits per heavy atom. The summed E-state index contributed by atoms with van der Waals surface area (Å²) in [7, 11) is -5.08. The highest BCUT2D eigenvalue weighted by molar-refractivity contribution is 6.48. The van der Waals surface area contributed by atoms with Gasteiger partial charge in [-0.05, 0) is 155 Å². The summed E-state index contributed by atoms with van der Waals surface area (Å²) >= 11 is 0. The van der Waals surface area contributed by atoms with Crippen molar-refractivity contribution in [2.75, 3.05) is 40.3 Å².